The first kappa shape index (κ1) is 17.5. The van der Waals surface area contributed by atoms with Gasteiger partial charge in [0.1, 0.15) is 0 Å². The van der Waals surface area contributed by atoms with Gasteiger partial charge >= 0.3 is 5.97 Å². The van der Waals surface area contributed by atoms with E-state index in [1.807, 2.05) is 36.4 Å². The summed E-state index contributed by atoms with van der Waals surface area (Å²) in [7, 11) is 0. The molecule has 0 aliphatic rings. The van der Waals surface area contributed by atoms with E-state index in [9.17, 15) is 9.59 Å². The van der Waals surface area contributed by atoms with Crippen LogP contribution in [0.1, 0.15) is 29.8 Å². The standard InChI is InChI=1S/C18H18INO3/c1-3-13-8-10-14(11-9-13)20-17(21)12(2)23-18(22)15-6-4-5-7-16(15)19/h4-12H,3H2,1-2H3,(H,20,21)/t12-/m0/s1. The van der Waals surface area contributed by atoms with E-state index >= 15 is 0 Å². The van der Waals surface area contributed by atoms with E-state index in [4.69, 9.17) is 4.74 Å². The first-order valence-electron chi connectivity index (χ1n) is 7.36. The maximum atomic E-state index is 12.1. The second-order valence-corrected chi connectivity index (χ2v) is 6.23. The van der Waals surface area contributed by atoms with Crippen molar-refractivity contribution in [1.29, 1.82) is 0 Å². The molecule has 1 N–H and O–H groups in total. The lowest BCUT2D eigenvalue weighted by Gasteiger charge is -2.14. The molecule has 0 spiro atoms. The van der Waals surface area contributed by atoms with Crippen LogP contribution in [0.15, 0.2) is 48.5 Å². The number of aryl methyl sites for hydroxylation is 1. The summed E-state index contributed by atoms with van der Waals surface area (Å²) < 4.78 is 6.03. The number of carbonyl (C=O) groups is 2. The largest absolute Gasteiger partial charge is 0.449 e. The third kappa shape index (κ3) is 4.79. The molecule has 2 aromatic rings. The fraction of sp³-hybridized carbons (Fsp3) is 0.222. The van der Waals surface area contributed by atoms with Gasteiger partial charge in [-0.3, -0.25) is 4.79 Å². The number of ether oxygens (including phenoxy) is 1. The third-order valence-electron chi connectivity index (χ3n) is 3.38. The summed E-state index contributed by atoms with van der Waals surface area (Å²) in [6.07, 6.45) is 0.0714. The Hall–Kier alpha value is -1.89. The molecule has 0 aliphatic heterocycles. The van der Waals surface area contributed by atoms with Crippen molar-refractivity contribution in [3.63, 3.8) is 0 Å². The van der Waals surface area contributed by atoms with Gasteiger partial charge in [-0.15, -0.1) is 0 Å². The SMILES string of the molecule is CCc1ccc(NC(=O)[C@H](C)OC(=O)c2ccccc2I)cc1. The van der Waals surface area contributed by atoms with Crippen molar-refractivity contribution in [2.24, 2.45) is 0 Å². The maximum Gasteiger partial charge on any atom is 0.339 e. The monoisotopic (exact) mass is 423 g/mol. The van der Waals surface area contributed by atoms with Gasteiger partial charge in [-0.1, -0.05) is 31.2 Å². The Morgan fingerprint density at radius 1 is 1.13 bits per heavy atom. The van der Waals surface area contributed by atoms with Crippen LogP contribution in [0.25, 0.3) is 0 Å². The number of halogens is 1. The number of nitrogens with one attached hydrogen (secondary N) is 1. The molecule has 5 heteroatoms. The number of carbonyl (C=O) groups excluding carboxylic acids is 2. The first-order valence-corrected chi connectivity index (χ1v) is 8.44. The quantitative estimate of drug-likeness (QED) is 0.584. The Kier molecular flexibility index (Phi) is 6.15. The summed E-state index contributed by atoms with van der Waals surface area (Å²) in [6.45, 7) is 3.63. The fourth-order valence-electron chi connectivity index (χ4n) is 1.97. The molecule has 0 saturated heterocycles. The molecule has 2 rings (SSSR count). The zero-order valence-electron chi connectivity index (χ0n) is 13.0. The molecule has 23 heavy (non-hydrogen) atoms. The molecule has 0 fully saturated rings. The van der Waals surface area contributed by atoms with Crippen molar-refractivity contribution < 1.29 is 14.3 Å². The smallest absolute Gasteiger partial charge is 0.339 e. The number of esters is 1. The van der Waals surface area contributed by atoms with Crippen molar-refractivity contribution in [1.82, 2.24) is 0 Å². The summed E-state index contributed by atoms with van der Waals surface area (Å²) in [5.74, 6) is -0.854. The van der Waals surface area contributed by atoms with Gasteiger partial charge in [-0.05, 0) is 65.8 Å². The lowest BCUT2D eigenvalue weighted by atomic mass is 10.1. The minimum atomic E-state index is -0.871. The Morgan fingerprint density at radius 2 is 1.78 bits per heavy atom. The Bertz CT molecular complexity index is 698. The van der Waals surface area contributed by atoms with E-state index in [-0.39, 0.29) is 5.91 Å². The molecule has 0 radical (unpaired) electrons. The number of amides is 1. The second-order valence-electron chi connectivity index (χ2n) is 5.07. The summed E-state index contributed by atoms with van der Waals surface area (Å²) in [4.78, 5) is 24.2. The van der Waals surface area contributed by atoms with Gasteiger partial charge in [-0.2, -0.15) is 0 Å². The average Bonchev–Trinajstić information content (AvgIpc) is 2.55. The zero-order chi connectivity index (χ0) is 16.8. The van der Waals surface area contributed by atoms with Gasteiger partial charge in [0.05, 0.1) is 5.56 Å². The summed E-state index contributed by atoms with van der Waals surface area (Å²) in [5, 5.41) is 2.75. The third-order valence-corrected chi connectivity index (χ3v) is 4.32. The number of hydrogen-bond acceptors (Lipinski definition) is 3. The van der Waals surface area contributed by atoms with Crippen molar-refractivity contribution in [3.05, 3.63) is 63.2 Å². The molecule has 0 unspecified atom stereocenters. The minimum absolute atomic E-state index is 0.353. The topological polar surface area (TPSA) is 55.4 Å². The van der Waals surface area contributed by atoms with Crippen LogP contribution in [0.5, 0.6) is 0 Å². The van der Waals surface area contributed by atoms with E-state index < -0.39 is 12.1 Å². The molecule has 0 bridgehead atoms. The molecule has 1 amide bonds. The van der Waals surface area contributed by atoms with Crippen molar-refractivity contribution in [2.75, 3.05) is 5.32 Å². The van der Waals surface area contributed by atoms with Crippen LogP contribution in [0.2, 0.25) is 0 Å². The highest BCUT2D eigenvalue weighted by atomic mass is 127. The predicted molar refractivity (Wildman–Crippen MR) is 98.5 cm³/mol. The Morgan fingerprint density at radius 3 is 2.39 bits per heavy atom. The van der Waals surface area contributed by atoms with Crippen LogP contribution in [-0.4, -0.2) is 18.0 Å². The maximum absolute atomic E-state index is 12.1. The van der Waals surface area contributed by atoms with Crippen LogP contribution >= 0.6 is 22.6 Å². The van der Waals surface area contributed by atoms with E-state index in [1.165, 1.54) is 5.56 Å². The van der Waals surface area contributed by atoms with Gasteiger partial charge < -0.3 is 10.1 Å². The molecule has 0 aliphatic carbocycles. The predicted octanol–water partition coefficient (Wildman–Crippen LogP) is 4.04. The Balaban J connectivity index is 1.96. The normalized spacial score (nSPS) is 11.6. The molecular formula is C18H18INO3. The van der Waals surface area contributed by atoms with Crippen LogP contribution < -0.4 is 5.32 Å². The molecule has 1 atom stereocenters. The van der Waals surface area contributed by atoms with Gasteiger partial charge in [-0.25, -0.2) is 4.79 Å². The highest BCUT2D eigenvalue weighted by molar-refractivity contribution is 14.1. The highest BCUT2D eigenvalue weighted by Gasteiger charge is 2.20. The fourth-order valence-corrected chi connectivity index (χ4v) is 2.58. The highest BCUT2D eigenvalue weighted by Crippen LogP contribution is 2.15. The number of rotatable bonds is 5. The molecule has 120 valence electrons. The van der Waals surface area contributed by atoms with Crippen LogP contribution in [-0.2, 0) is 16.0 Å². The molecule has 0 saturated carbocycles. The van der Waals surface area contributed by atoms with E-state index in [1.54, 1.807) is 19.1 Å². The van der Waals surface area contributed by atoms with E-state index in [0.29, 0.717) is 11.3 Å². The van der Waals surface area contributed by atoms with Crippen molar-refractivity contribution in [2.45, 2.75) is 26.4 Å². The van der Waals surface area contributed by atoms with E-state index in [0.717, 1.165) is 9.99 Å². The molecular weight excluding hydrogens is 405 g/mol. The number of benzene rings is 2. The van der Waals surface area contributed by atoms with Crippen LogP contribution in [0.4, 0.5) is 5.69 Å². The van der Waals surface area contributed by atoms with Crippen molar-refractivity contribution >= 4 is 40.2 Å². The number of hydrogen-bond donors (Lipinski definition) is 1. The van der Waals surface area contributed by atoms with E-state index in [2.05, 4.69) is 34.8 Å². The second kappa shape index (κ2) is 8.10. The average molecular weight is 423 g/mol. The van der Waals surface area contributed by atoms with Gasteiger partial charge in [0.25, 0.3) is 5.91 Å². The molecule has 0 heterocycles. The first-order chi connectivity index (χ1) is 11.0. The molecule has 0 aromatic heterocycles. The van der Waals surface area contributed by atoms with Gasteiger partial charge in [0.2, 0.25) is 0 Å². The van der Waals surface area contributed by atoms with Gasteiger partial charge in [0.15, 0.2) is 6.10 Å². The summed E-state index contributed by atoms with van der Waals surface area (Å²) >= 11 is 2.06. The van der Waals surface area contributed by atoms with Crippen LogP contribution in [0.3, 0.4) is 0 Å². The lowest BCUT2D eigenvalue weighted by Crippen LogP contribution is -2.30. The molecule has 2 aromatic carbocycles. The molecule has 4 nitrogen and oxygen atoms in total. The van der Waals surface area contributed by atoms with Crippen LogP contribution in [0, 0.1) is 3.57 Å². The zero-order valence-corrected chi connectivity index (χ0v) is 15.2. The van der Waals surface area contributed by atoms with Crippen molar-refractivity contribution in [3.8, 4) is 0 Å². The minimum Gasteiger partial charge on any atom is -0.449 e. The summed E-state index contributed by atoms with van der Waals surface area (Å²) in [6, 6.07) is 14.7. The Labute approximate surface area is 149 Å². The number of anilines is 1. The lowest BCUT2D eigenvalue weighted by molar-refractivity contribution is -0.123. The van der Waals surface area contributed by atoms with Gasteiger partial charge in [0, 0.05) is 9.26 Å². The summed E-state index contributed by atoms with van der Waals surface area (Å²) in [5.41, 5.74) is 2.34.